The molecule has 0 radical (unpaired) electrons. The van der Waals surface area contributed by atoms with Crippen LogP contribution in [0.5, 0.6) is 0 Å². The van der Waals surface area contributed by atoms with Crippen molar-refractivity contribution in [2.24, 2.45) is 0 Å². The summed E-state index contributed by atoms with van der Waals surface area (Å²) < 4.78 is 5.98. The molecule has 9 nitrogen and oxygen atoms in total. The summed E-state index contributed by atoms with van der Waals surface area (Å²) in [5.74, 6) is 0.985. The Morgan fingerprint density at radius 3 is 2.34 bits per heavy atom. The monoisotopic (exact) mass is 512 g/mol. The fourth-order valence-electron chi connectivity index (χ4n) is 4.99. The highest BCUT2D eigenvalue weighted by atomic mass is 16.5. The molecule has 3 N–H and O–H groups in total. The molecule has 1 aliphatic heterocycles. The fraction of sp³-hybridized carbons (Fsp3) is 0.310. The largest absolute Gasteiger partial charge is 0.373 e. The van der Waals surface area contributed by atoms with Gasteiger partial charge >= 0.3 is 0 Å². The Morgan fingerprint density at radius 2 is 1.68 bits per heavy atom. The number of likely N-dealkylation sites (tertiary alicyclic amines) is 1. The molecule has 0 spiro atoms. The third kappa shape index (κ3) is 5.24. The number of aromatic nitrogens is 3. The molecule has 9 heteroatoms. The van der Waals surface area contributed by atoms with Gasteiger partial charge in [-0.25, -0.2) is 9.97 Å². The number of rotatable bonds is 8. The number of amides is 2. The number of methoxy groups -OCH3 is 1. The molecular weight excluding hydrogens is 480 g/mol. The standard InChI is InChI=1S/C29H32N6O3/c1-20(36)30-15-16-31-26-23-19-24(32-27(23)34-25(33-26)21-9-5-3-6-10-21)28(37)35-17-13-29(38-2,14-18-35)22-11-7-4-8-12-22/h3-12,19H,13-18H2,1-2H3,(H,30,36)(H2,31,32,33,34). The molecule has 1 aliphatic rings. The third-order valence-electron chi connectivity index (χ3n) is 7.09. The molecule has 0 aliphatic carbocycles. The summed E-state index contributed by atoms with van der Waals surface area (Å²) in [6.07, 6.45) is 1.43. The van der Waals surface area contributed by atoms with Crippen LogP contribution in [0.3, 0.4) is 0 Å². The van der Waals surface area contributed by atoms with Gasteiger partial charge in [0.2, 0.25) is 5.91 Å². The van der Waals surface area contributed by atoms with E-state index in [2.05, 4.69) is 27.8 Å². The molecule has 2 aromatic carbocycles. The number of H-pyrrole nitrogens is 1. The second kappa shape index (κ2) is 11.0. The number of hydrogen-bond acceptors (Lipinski definition) is 6. The predicted octanol–water partition coefficient (Wildman–Crippen LogP) is 3.95. The lowest BCUT2D eigenvalue weighted by molar-refractivity contribution is -0.118. The van der Waals surface area contributed by atoms with E-state index in [1.807, 2.05) is 59.5 Å². The van der Waals surface area contributed by atoms with Crippen LogP contribution in [0, 0.1) is 0 Å². The lowest BCUT2D eigenvalue weighted by Crippen LogP contribution is -2.46. The molecule has 0 unspecified atom stereocenters. The quantitative estimate of drug-likeness (QED) is 0.308. The average Bonchev–Trinajstić information content (AvgIpc) is 3.40. The highest BCUT2D eigenvalue weighted by Crippen LogP contribution is 2.36. The van der Waals surface area contributed by atoms with Gasteiger partial charge in [-0.3, -0.25) is 9.59 Å². The van der Waals surface area contributed by atoms with Gasteiger partial charge in [0.15, 0.2) is 5.82 Å². The second-order valence-electron chi connectivity index (χ2n) is 9.47. The van der Waals surface area contributed by atoms with Gasteiger partial charge in [0.1, 0.15) is 17.2 Å². The van der Waals surface area contributed by atoms with Crippen LogP contribution >= 0.6 is 0 Å². The first-order chi connectivity index (χ1) is 18.5. The number of nitrogens with zero attached hydrogens (tertiary/aromatic N) is 3. The zero-order valence-corrected chi connectivity index (χ0v) is 21.7. The summed E-state index contributed by atoms with van der Waals surface area (Å²) in [4.78, 5) is 39.4. The van der Waals surface area contributed by atoms with E-state index in [0.29, 0.717) is 62.0 Å². The molecule has 0 atom stereocenters. The van der Waals surface area contributed by atoms with E-state index in [1.165, 1.54) is 6.92 Å². The Balaban J connectivity index is 1.39. The summed E-state index contributed by atoms with van der Waals surface area (Å²) in [6.45, 7) is 3.59. The van der Waals surface area contributed by atoms with Gasteiger partial charge in [-0.1, -0.05) is 60.7 Å². The number of hydrogen-bond donors (Lipinski definition) is 3. The van der Waals surface area contributed by atoms with Crippen LogP contribution in [-0.4, -0.2) is 65.0 Å². The van der Waals surface area contributed by atoms with Crippen molar-refractivity contribution in [2.45, 2.75) is 25.4 Å². The predicted molar refractivity (Wildman–Crippen MR) is 147 cm³/mol. The van der Waals surface area contributed by atoms with Crippen molar-refractivity contribution in [3.63, 3.8) is 0 Å². The summed E-state index contributed by atoms with van der Waals surface area (Å²) in [5, 5.41) is 6.80. The number of nitrogens with one attached hydrogen (secondary N) is 3. The second-order valence-corrected chi connectivity index (χ2v) is 9.47. The minimum Gasteiger partial charge on any atom is -0.373 e. The molecule has 5 rings (SSSR count). The van der Waals surface area contributed by atoms with Gasteiger partial charge in [0.05, 0.1) is 11.0 Å². The van der Waals surface area contributed by atoms with Crippen molar-refractivity contribution in [2.75, 3.05) is 38.6 Å². The zero-order chi connectivity index (χ0) is 26.5. The molecule has 38 heavy (non-hydrogen) atoms. The molecule has 4 aromatic rings. The minimum atomic E-state index is -0.389. The van der Waals surface area contributed by atoms with Crippen molar-refractivity contribution < 1.29 is 14.3 Å². The van der Waals surface area contributed by atoms with Crippen LogP contribution in [0.15, 0.2) is 66.7 Å². The smallest absolute Gasteiger partial charge is 0.270 e. The van der Waals surface area contributed by atoms with Crippen molar-refractivity contribution in [3.8, 4) is 11.4 Å². The fourth-order valence-corrected chi connectivity index (χ4v) is 4.99. The maximum absolute atomic E-state index is 13.5. The van der Waals surface area contributed by atoms with E-state index in [9.17, 15) is 9.59 Å². The van der Waals surface area contributed by atoms with E-state index in [0.717, 1.165) is 16.5 Å². The van der Waals surface area contributed by atoms with Gasteiger partial charge < -0.3 is 25.3 Å². The summed E-state index contributed by atoms with van der Waals surface area (Å²) in [5.41, 5.74) is 2.67. The number of ether oxygens (including phenoxy) is 1. The van der Waals surface area contributed by atoms with Gasteiger partial charge in [0.25, 0.3) is 5.91 Å². The van der Waals surface area contributed by atoms with Gasteiger partial charge in [-0.05, 0) is 24.5 Å². The highest BCUT2D eigenvalue weighted by molar-refractivity contribution is 6.00. The van der Waals surface area contributed by atoms with Crippen LogP contribution < -0.4 is 10.6 Å². The minimum absolute atomic E-state index is 0.0776. The zero-order valence-electron chi connectivity index (χ0n) is 21.7. The van der Waals surface area contributed by atoms with E-state index in [4.69, 9.17) is 14.7 Å². The van der Waals surface area contributed by atoms with Gasteiger partial charge in [0, 0.05) is 45.8 Å². The molecule has 0 saturated carbocycles. The molecule has 3 heterocycles. The average molecular weight is 513 g/mol. The number of anilines is 1. The number of piperidine rings is 1. The molecule has 1 fully saturated rings. The highest BCUT2D eigenvalue weighted by Gasteiger charge is 2.38. The molecule has 196 valence electrons. The van der Waals surface area contributed by atoms with Gasteiger partial charge in [-0.2, -0.15) is 0 Å². The van der Waals surface area contributed by atoms with Crippen molar-refractivity contribution in [1.82, 2.24) is 25.2 Å². The van der Waals surface area contributed by atoms with Crippen LogP contribution in [0.2, 0.25) is 0 Å². The molecule has 2 amide bonds. The summed E-state index contributed by atoms with van der Waals surface area (Å²) in [7, 11) is 1.74. The Labute approximate surface area is 221 Å². The van der Waals surface area contributed by atoms with E-state index in [1.54, 1.807) is 7.11 Å². The molecule has 2 aromatic heterocycles. The summed E-state index contributed by atoms with van der Waals surface area (Å²) >= 11 is 0. The van der Waals surface area contributed by atoms with Crippen LogP contribution in [0.1, 0.15) is 35.8 Å². The van der Waals surface area contributed by atoms with Crippen molar-refractivity contribution in [1.29, 1.82) is 0 Å². The molecular formula is C29H32N6O3. The first kappa shape index (κ1) is 25.4. The number of carbonyl (C=O) groups excluding carboxylic acids is 2. The van der Waals surface area contributed by atoms with Crippen molar-refractivity contribution in [3.05, 3.63) is 78.0 Å². The maximum atomic E-state index is 13.5. The first-order valence-corrected chi connectivity index (χ1v) is 12.8. The number of fused-ring (bicyclic) bond motifs is 1. The Kier molecular flexibility index (Phi) is 7.37. The normalized spacial score (nSPS) is 14.8. The molecule has 1 saturated heterocycles. The number of aromatic amines is 1. The number of benzene rings is 2. The lowest BCUT2D eigenvalue weighted by atomic mass is 9.84. The van der Waals surface area contributed by atoms with Crippen LogP contribution in [-0.2, 0) is 15.1 Å². The number of carbonyl (C=O) groups is 2. The van der Waals surface area contributed by atoms with E-state index >= 15 is 0 Å². The van der Waals surface area contributed by atoms with Crippen molar-refractivity contribution >= 4 is 28.7 Å². The van der Waals surface area contributed by atoms with E-state index in [-0.39, 0.29) is 17.4 Å². The third-order valence-corrected chi connectivity index (χ3v) is 7.09. The van der Waals surface area contributed by atoms with Crippen LogP contribution in [0.25, 0.3) is 22.4 Å². The first-order valence-electron chi connectivity index (χ1n) is 12.8. The topological polar surface area (TPSA) is 112 Å². The molecule has 0 bridgehead atoms. The van der Waals surface area contributed by atoms with Gasteiger partial charge in [-0.15, -0.1) is 0 Å². The Hall–Kier alpha value is -4.24. The maximum Gasteiger partial charge on any atom is 0.270 e. The van der Waals surface area contributed by atoms with E-state index < -0.39 is 0 Å². The summed E-state index contributed by atoms with van der Waals surface area (Å²) in [6, 6.07) is 21.7. The Bertz CT molecular complexity index is 1410. The lowest BCUT2D eigenvalue weighted by Gasteiger charge is -2.41. The Morgan fingerprint density at radius 1 is 1.00 bits per heavy atom. The SMILES string of the molecule is COC1(c2ccccc2)CCN(C(=O)c2cc3c(NCCNC(C)=O)nc(-c4ccccc4)nc3[nH]2)CC1. The van der Waals surface area contributed by atoms with Crippen LogP contribution in [0.4, 0.5) is 5.82 Å².